The number of carbonyl (C=O) groups is 1. The standard InChI is InChI=1S/C17H14O2/c1-19-15-9-6-13-4-2-3-12-5-7-14(18)8-10-16(12)17(13)11-15/h3-4,6,8-11H,5,7H2,1H3. The van der Waals surface area contributed by atoms with E-state index in [9.17, 15) is 4.79 Å². The number of benzene rings is 1. The van der Waals surface area contributed by atoms with Gasteiger partial charge in [0.25, 0.3) is 0 Å². The average molecular weight is 250 g/mol. The van der Waals surface area contributed by atoms with Gasteiger partial charge in [-0.1, -0.05) is 12.1 Å². The lowest BCUT2D eigenvalue weighted by Gasteiger charge is -2.11. The van der Waals surface area contributed by atoms with Crippen LogP contribution in [-0.4, -0.2) is 12.9 Å². The number of carbonyl (C=O) groups excluding carboxylic acids is 1. The normalized spacial score (nSPS) is 16.8. The smallest absolute Gasteiger partial charge is 0.156 e. The molecule has 2 aliphatic carbocycles. The summed E-state index contributed by atoms with van der Waals surface area (Å²) in [7, 11) is 1.66. The zero-order valence-corrected chi connectivity index (χ0v) is 10.8. The van der Waals surface area contributed by atoms with Gasteiger partial charge in [-0.15, -0.1) is 5.73 Å². The molecule has 94 valence electrons. The first-order valence-electron chi connectivity index (χ1n) is 6.33. The number of ether oxygens (including phenoxy) is 1. The lowest BCUT2D eigenvalue weighted by Crippen LogP contribution is -1.92. The number of allylic oxidation sites excluding steroid dienone is 5. The summed E-state index contributed by atoms with van der Waals surface area (Å²) in [5, 5.41) is 0. The molecule has 19 heavy (non-hydrogen) atoms. The van der Waals surface area contributed by atoms with Crippen molar-refractivity contribution in [2.45, 2.75) is 12.8 Å². The third-order valence-corrected chi connectivity index (χ3v) is 3.47. The number of hydrogen-bond donors (Lipinski definition) is 0. The van der Waals surface area contributed by atoms with E-state index < -0.39 is 0 Å². The second-order valence-electron chi connectivity index (χ2n) is 4.65. The first-order valence-corrected chi connectivity index (χ1v) is 6.33. The molecule has 0 N–H and O–H groups in total. The predicted octanol–water partition coefficient (Wildman–Crippen LogP) is 3.55. The minimum atomic E-state index is 0.176. The number of fused-ring (bicyclic) bond motifs is 2. The van der Waals surface area contributed by atoms with Crippen molar-refractivity contribution in [2.24, 2.45) is 0 Å². The lowest BCUT2D eigenvalue weighted by molar-refractivity contribution is -0.114. The number of methoxy groups -OCH3 is 1. The Morgan fingerprint density at radius 3 is 2.89 bits per heavy atom. The van der Waals surface area contributed by atoms with E-state index in [0.717, 1.165) is 34.4 Å². The van der Waals surface area contributed by atoms with E-state index in [-0.39, 0.29) is 5.78 Å². The third-order valence-electron chi connectivity index (χ3n) is 3.47. The summed E-state index contributed by atoms with van der Waals surface area (Å²) in [6, 6.07) is 5.97. The average Bonchev–Trinajstić information content (AvgIpc) is 2.71. The monoisotopic (exact) mass is 250 g/mol. The van der Waals surface area contributed by atoms with Crippen LogP contribution in [0.2, 0.25) is 0 Å². The molecule has 0 saturated carbocycles. The van der Waals surface area contributed by atoms with Gasteiger partial charge >= 0.3 is 0 Å². The molecule has 2 heteroatoms. The van der Waals surface area contributed by atoms with Crippen LogP contribution in [0.5, 0.6) is 5.75 Å². The largest absolute Gasteiger partial charge is 0.497 e. The first kappa shape index (κ1) is 11.8. The van der Waals surface area contributed by atoms with Crippen molar-refractivity contribution in [1.82, 2.24) is 0 Å². The van der Waals surface area contributed by atoms with Crippen molar-refractivity contribution >= 4 is 17.4 Å². The fourth-order valence-corrected chi connectivity index (χ4v) is 2.43. The minimum absolute atomic E-state index is 0.176. The Kier molecular flexibility index (Phi) is 2.94. The summed E-state index contributed by atoms with van der Waals surface area (Å²) in [4.78, 5) is 11.6. The molecule has 2 nitrogen and oxygen atoms in total. The maximum absolute atomic E-state index is 11.6. The molecule has 0 spiro atoms. The maximum atomic E-state index is 11.6. The molecule has 0 unspecified atom stereocenters. The van der Waals surface area contributed by atoms with Crippen LogP contribution in [0.15, 0.2) is 47.7 Å². The van der Waals surface area contributed by atoms with Gasteiger partial charge in [0, 0.05) is 6.42 Å². The number of rotatable bonds is 1. The highest BCUT2D eigenvalue weighted by Gasteiger charge is 2.15. The molecular formula is C17H14O2. The van der Waals surface area contributed by atoms with E-state index in [2.05, 4.69) is 5.73 Å². The van der Waals surface area contributed by atoms with Crippen LogP contribution in [0.4, 0.5) is 0 Å². The maximum Gasteiger partial charge on any atom is 0.156 e. The topological polar surface area (TPSA) is 26.3 Å². The van der Waals surface area contributed by atoms with Gasteiger partial charge in [-0.2, -0.15) is 0 Å². The second-order valence-corrected chi connectivity index (χ2v) is 4.65. The van der Waals surface area contributed by atoms with Gasteiger partial charge in [0.15, 0.2) is 5.78 Å². The molecule has 1 aromatic rings. The Morgan fingerprint density at radius 2 is 2.05 bits per heavy atom. The van der Waals surface area contributed by atoms with Gasteiger partial charge < -0.3 is 4.74 Å². The molecule has 3 rings (SSSR count). The van der Waals surface area contributed by atoms with Crippen molar-refractivity contribution in [3.63, 3.8) is 0 Å². The van der Waals surface area contributed by atoms with E-state index in [1.807, 2.05) is 36.4 Å². The Bertz CT molecular complexity index is 669. The summed E-state index contributed by atoms with van der Waals surface area (Å²) in [5.74, 6) is 1.000. The van der Waals surface area contributed by atoms with Crippen molar-refractivity contribution in [1.29, 1.82) is 0 Å². The minimum Gasteiger partial charge on any atom is -0.497 e. The predicted molar refractivity (Wildman–Crippen MR) is 75.8 cm³/mol. The molecular weight excluding hydrogens is 236 g/mol. The summed E-state index contributed by atoms with van der Waals surface area (Å²) in [6.45, 7) is 0. The van der Waals surface area contributed by atoms with Crippen LogP contribution in [-0.2, 0) is 4.79 Å². The Balaban J connectivity index is 2.22. The van der Waals surface area contributed by atoms with E-state index in [0.29, 0.717) is 6.42 Å². The van der Waals surface area contributed by atoms with E-state index >= 15 is 0 Å². The first-order chi connectivity index (χ1) is 9.28. The van der Waals surface area contributed by atoms with Crippen molar-refractivity contribution < 1.29 is 9.53 Å². The molecule has 0 fully saturated rings. The van der Waals surface area contributed by atoms with Crippen LogP contribution < -0.4 is 4.74 Å². The Labute approximate surface area is 112 Å². The highest BCUT2D eigenvalue weighted by molar-refractivity contribution is 5.96. The second kappa shape index (κ2) is 4.75. The van der Waals surface area contributed by atoms with Crippen molar-refractivity contribution in [3.05, 3.63) is 58.9 Å². The van der Waals surface area contributed by atoms with Crippen LogP contribution in [0.1, 0.15) is 24.0 Å². The molecule has 0 atom stereocenters. The van der Waals surface area contributed by atoms with E-state index in [1.54, 1.807) is 13.2 Å². The fourth-order valence-electron chi connectivity index (χ4n) is 2.43. The molecule has 1 aromatic carbocycles. The molecule has 0 amide bonds. The lowest BCUT2D eigenvalue weighted by atomic mass is 9.95. The van der Waals surface area contributed by atoms with Crippen LogP contribution in [0.25, 0.3) is 11.6 Å². The van der Waals surface area contributed by atoms with Gasteiger partial charge in [0.2, 0.25) is 0 Å². The van der Waals surface area contributed by atoms with Gasteiger partial charge in [-0.25, -0.2) is 0 Å². The van der Waals surface area contributed by atoms with Crippen LogP contribution in [0.3, 0.4) is 0 Å². The number of hydrogen-bond acceptors (Lipinski definition) is 2. The van der Waals surface area contributed by atoms with Gasteiger partial charge in [0.05, 0.1) is 7.11 Å². The van der Waals surface area contributed by atoms with Gasteiger partial charge in [-0.3, -0.25) is 4.79 Å². The molecule has 0 bridgehead atoms. The highest BCUT2D eigenvalue weighted by atomic mass is 16.5. The summed E-state index contributed by atoms with van der Waals surface area (Å²) >= 11 is 0. The highest BCUT2D eigenvalue weighted by Crippen LogP contribution is 2.33. The van der Waals surface area contributed by atoms with Crippen LogP contribution in [0, 0.1) is 0 Å². The summed E-state index contributed by atoms with van der Waals surface area (Å²) < 4.78 is 5.30. The molecule has 0 aliphatic heterocycles. The zero-order valence-electron chi connectivity index (χ0n) is 10.8. The Morgan fingerprint density at radius 1 is 1.16 bits per heavy atom. The molecule has 0 heterocycles. The third kappa shape index (κ3) is 2.18. The number of ketones is 1. The van der Waals surface area contributed by atoms with Crippen molar-refractivity contribution in [3.8, 4) is 5.75 Å². The SMILES string of the molecule is COc1ccc2c(c1)C1=C(C=C=C2)CCC(=O)C=C1. The summed E-state index contributed by atoms with van der Waals surface area (Å²) in [6.07, 6.45) is 8.86. The van der Waals surface area contributed by atoms with Crippen LogP contribution >= 0.6 is 0 Å². The Hall–Kier alpha value is -2.31. The van der Waals surface area contributed by atoms with Gasteiger partial charge in [0.1, 0.15) is 5.75 Å². The molecule has 0 saturated heterocycles. The van der Waals surface area contributed by atoms with Crippen molar-refractivity contribution in [2.75, 3.05) is 7.11 Å². The molecule has 2 aliphatic rings. The molecule has 0 radical (unpaired) electrons. The summed E-state index contributed by atoms with van der Waals surface area (Å²) in [5.41, 5.74) is 7.64. The molecule has 0 aromatic heterocycles. The van der Waals surface area contributed by atoms with E-state index in [1.165, 1.54) is 0 Å². The fraction of sp³-hybridized carbons (Fsp3) is 0.176. The quantitative estimate of drug-likeness (QED) is 0.712. The van der Waals surface area contributed by atoms with Gasteiger partial charge in [-0.05, 0) is 59.1 Å². The zero-order chi connectivity index (χ0) is 13.2. The van der Waals surface area contributed by atoms with E-state index in [4.69, 9.17) is 4.74 Å².